The third-order valence-electron chi connectivity index (χ3n) is 6.24. The molecule has 3 heterocycles. The van der Waals surface area contributed by atoms with Gasteiger partial charge in [0.25, 0.3) is 0 Å². The Morgan fingerprint density at radius 3 is 2.67 bits per heavy atom. The molecule has 140 valence electrons. The number of likely N-dealkylation sites (tertiary alicyclic amines) is 2. The van der Waals surface area contributed by atoms with E-state index >= 15 is 0 Å². The number of hydrogen-bond donors (Lipinski definition) is 1. The predicted molar refractivity (Wildman–Crippen MR) is 107 cm³/mol. The highest BCUT2D eigenvalue weighted by Gasteiger charge is 2.46. The fourth-order valence-electron chi connectivity index (χ4n) is 5.07. The average Bonchev–Trinajstić information content (AvgIpc) is 3.33. The molecular formula is C22H26N4O. The van der Waals surface area contributed by atoms with Crippen molar-refractivity contribution in [3.63, 3.8) is 0 Å². The Labute approximate surface area is 160 Å². The minimum atomic E-state index is 0.488. The van der Waals surface area contributed by atoms with Crippen LogP contribution in [0.4, 0.5) is 0 Å². The van der Waals surface area contributed by atoms with Crippen molar-refractivity contribution in [3.05, 3.63) is 59.9 Å². The minimum Gasteiger partial charge on any atom is -0.497 e. The first-order chi connectivity index (χ1) is 13.2. The number of aromatic nitrogens is 2. The predicted octanol–water partition coefficient (Wildman–Crippen LogP) is 3.31. The van der Waals surface area contributed by atoms with Crippen molar-refractivity contribution in [2.75, 3.05) is 33.8 Å². The molecule has 2 saturated heterocycles. The molecule has 0 spiro atoms. The van der Waals surface area contributed by atoms with E-state index in [4.69, 9.17) is 9.72 Å². The van der Waals surface area contributed by atoms with Crippen LogP contribution in [0, 0.1) is 11.8 Å². The molecule has 2 aromatic carbocycles. The van der Waals surface area contributed by atoms with Gasteiger partial charge in [-0.05, 0) is 48.7 Å². The normalized spacial score (nSPS) is 25.9. The summed E-state index contributed by atoms with van der Waals surface area (Å²) in [6, 6.07) is 17.4. The zero-order valence-electron chi connectivity index (χ0n) is 15.9. The third-order valence-corrected chi connectivity index (χ3v) is 6.24. The zero-order chi connectivity index (χ0) is 18.4. The summed E-state index contributed by atoms with van der Waals surface area (Å²) in [5.41, 5.74) is 3.59. The topological polar surface area (TPSA) is 44.4 Å². The summed E-state index contributed by atoms with van der Waals surface area (Å²) >= 11 is 0. The van der Waals surface area contributed by atoms with Crippen molar-refractivity contribution < 1.29 is 4.74 Å². The van der Waals surface area contributed by atoms with E-state index in [1.807, 2.05) is 6.07 Å². The number of fused-ring (bicyclic) bond motifs is 2. The minimum absolute atomic E-state index is 0.488. The van der Waals surface area contributed by atoms with Crippen LogP contribution in [-0.2, 0) is 6.54 Å². The summed E-state index contributed by atoms with van der Waals surface area (Å²) in [5.74, 6) is 3.40. The van der Waals surface area contributed by atoms with Crippen molar-refractivity contribution in [1.82, 2.24) is 19.8 Å². The first-order valence-corrected chi connectivity index (χ1v) is 9.71. The number of benzene rings is 2. The number of ether oxygens (including phenoxy) is 1. The summed E-state index contributed by atoms with van der Waals surface area (Å²) in [5, 5.41) is 0. The highest BCUT2D eigenvalue weighted by atomic mass is 16.5. The van der Waals surface area contributed by atoms with Gasteiger partial charge in [-0.1, -0.05) is 24.3 Å². The maximum atomic E-state index is 5.32. The van der Waals surface area contributed by atoms with Gasteiger partial charge in [0.15, 0.2) is 0 Å². The summed E-state index contributed by atoms with van der Waals surface area (Å²) in [7, 11) is 3.98. The lowest BCUT2D eigenvalue weighted by molar-refractivity contribution is 0.222. The largest absolute Gasteiger partial charge is 0.497 e. The Morgan fingerprint density at radius 1 is 1.07 bits per heavy atom. The standard InChI is InChI=1S/C22H26N4O/c1-25-11-16-12-26(14-21-23-19-5-3-4-6-20(19)24-21)13-18(16)22(25)15-7-9-17(27-2)10-8-15/h3-10,16,18,22H,11-14H2,1-2H3,(H,23,24)/t16-,18+,22-/m0/s1. The van der Waals surface area contributed by atoms with Gasteiger partial charge in [0, 0.05) is 25.7 Å². The van der Waals surface area contributed by atoms with Crippen LogP contribution < -0.4 is 4.74 Å². The maximum absolute atomic E-state index is 5.32. The number of imidazole rings is 1. The van der Waals surface area contributed by atoms with Crippen LogP contribution in [0.15, 0.2) is 48.5 Å². The molecule has 0 unspecified atom stereocenters. The number of aromatic amines is 1. The molecule has 0 amide bonds. The van der Waals surface area contributed by atoms with Crippen LogP contribution in [0.25, 0.3) is 11.0 Å². The number of nitrogens with one attached hydrogen (secondary N) is 1. The molecule has 1 N–H and O–H groups in total. The summed E-state index contributed by atoms with van der Waals surface area (Å²) in [6.45, 7) is 4.35. The summed E-state index contributed by atoms with van der Waals surface area (Å²) in [6.07, 6.45) is 0. The molecule has 2 aliphatic rings. The number of rotatable bonds is 4. The molecule has 0 aliphatic carbocycles. The molecule has 5 heteroatoms. The van der Waals surface area contributed by atoms with E-state index < -0.39 is 0 Å². The number of methoxy groups -OCH3 is 1. The van der Waals surface area contributed by atoms with Crippen LogP contribution >= 0.6 is 0 Å². The molecule has 0 bridgehead atoms. The van der Waals surface area contributed by atoms with Crippen molar-refractivity contribution >= 4 is 11.0 Å². The third kappa shape index (κ3) is 3.01. The lowest BCUT2D eigenvalue weighted by Gasteiger charge is -2.26. The molecule has 5 rings (SSSR count). The van der Waals surface area contributed by atoms with Gasteiger partial charge in [0.2, 0.25) is 0 Å². The van der Waals surface area contributed by atoms with E-state index in [2.05, 4.69) is 64.3 Å². The number of hydrogen-bond acceptors (Lipinski definition) is 4. The summed E-state index contributed by atoms with van der Waals surface area (Å²) < 4.78 is 5.32. The molecule has 5 nitrogen and oxygen atoms in total. The monoisotopic (exact) mass is 362 g/mol. The van der Waals surface area contributed by atoms with E-state index in [1.54, 1.807) is 7.11 Å². The zero-order valence-corrected chi connectivity index (χ0v) is 15.9. The van der Waals surface area contributed by atoms with Crippen LogP contribution in [0.5, 0.6) is 5.75 Å². The second-order valence-corrected chi connectivity index (χ2v) is 7.98. The van der Waals surface area contributed by atoms with E-state index in [-0.39, 0.29) is 0 Å². The number of nitrogens with zero attached hydrogens (tertiary/aromatic N) is 3. The smallest absolute Gasteiger partial charge is 0.121 e. The van der Waals surface area contributed by atoms with Gasteiger partial charge in [-0.25, -0.2) is 4.98 Å². The molecule has 27 heavy (non-hydrogen) atoms. The molecule has 3 atom stereocenters. The van der Waals surface area contributed by atoms with Crippen LogP contribution in [0.2, 0.25) is 0 Å². The second kappa shape index (κ2) is 6.66. The van der Waals surface area contributed by atoms with E-state index in [9.17, 15) is 0 Å². The SMILES string of the molecule is COc1ccc([C@H]2[C@@H]3CN(Cc4nc5ccccc5[nH]4)C[C@@H]3CN2C)cc1. The molecule has 3 aromatic rings. The van der Waals surface area contributed by atoms with Gasteiger partial charge in [-0.15, -0.1) is 0 Å². The van der Waals surface area contributed by atoms with Gasteiger partial charge < -0.3 is 9.72 Å². The Balaban J connectivity index is 1.32. The molecule has 2 aliphatic heterocycles. The van der Waals surface area contributed by atoms with Crippen molar-refractivity contribution in [1.29, 1.82) is 0 Å². The van der Waals surface area contributed by atoms with Crippen molar-refractivity contribution in [2.45, 2.75) is 12.6 Å². The quantitative estimate of drug-likeness (QED) is 0.773. The highest BCUT2D eigenvalue weighted by molar-refractivity contribution is 5.74. The average molecular weight is 362 g/mol. The highest BCUT2D eigenvalue weighted by Crippen LogP contribution is 2.44. The van der Waals surface area contributed by atoms with Crippen molar-refractivity contribution in [3.8, 4) is 5.75 Å². The molecule has 0 radical (unpaired) electrons. The van der Waals surface area contributed by atoms with Gasteiger partial charge >= 0.3 is 0 Å². The van der Waals surface area contributed by atoms with E-state index in [0.29, 0.717) is 12.0 Å². The van der Waals surface area contributed by atoms with E-state index in [1.165, 1.54) is 5.56 Å². The van der Waals surface area contributed by atoms with Gasteiger partial charge in [0.1, 0.15) is 11.6 Å². The lowest BCUT2D eigenvalue weighted by Crippen LogP contribution is -2.29. The first-order valence-electron chi connectivity index (χ1n) is 9.71. The van der Waals surface area contributed by atoms with Crippen molar-refractivity contribution in [2.24, 2.45) is 11.8 Å². The lowest BCUT2D eigenvalue weighted by atomic mass is 9.89. The summed E-state index contributed by atoms with van der Waals surface area (Å²) in [4.78, 5) is 13.3. The number of para-hydroxylation sites is 2. The fraction of sp³-hybridized carbons (Fsp3) is 0.409. The molecule has 2 fully saturated rings. The number of H-pyrrole nitrogens is 1. The Hall–Kier alpha value is -2.37. The Bertz CT molecular complexity index is 902. The van der Waals surface area contributed by atoms with E-state index in [0.717, 1.165) is 54.7 Å². The van der Waals surface area contributed by atoms with Gasteiger partial charge in [-0.2, -0.15) is 0 Å². The first kappa shape index (κ1) is 16.8. The fourth-order valence-corrected chi connectivity index (χ4v) is 5.07. The van der Waals surface area contributed by atoms with Crippen LogP contribution in [0.1, 0.15) is 17.4 Å². The molecule has 0 saturated carbocycles. The van der Waals surface area contributed by atoms with Gasteiger partial charge in [-0.3, -0.25) is 9.80 Å². The van der Waals surface area contributed by atoms with Crippen LogP contribution in [-0.4, -0.2) is 53.6 Å². The molecule has 1 aromatic heterocycles. The Morgan fingerprint density at radius 2 is 1.89 bits per heavy atom. The Kier molecular flexibility index (Phi) is 4.14. The maximum Gasteiger partial charge on any atom is 0.121 e. The van der Waals surface area contributed by atoms with Crippen LogP contribution in [0.3, 0.4) is 0 Å². The molecular weight excluding hydrogens is 336 g/mol. The van der Waals surface area contributed by atoms with Gasteiger partial charge in [0.05, 0.1) is 24.7 Å². The second-order valence-electron chi connectivity index (χ2n) is 7.98.